The van der Waals surface area contributed by atoms with Crippen LogP contribution < -0.4 is 0 Å². The van der Waals surface area contributed by atoms with Crippen LogP contribution >= 0.6 is 11.6 Å². The molecule has 13 heavy (non-hydrogen) atoms. The highest BCUT2D eigenvalue weighted by Gasteiger charge is 2.22. The highest BCUT2D eigenvalue weighted by Crippen LogP contribution is 2.27. The van der Waals surface area contributed by atoms with E-state index < -0.39 is 17.2 Å². The Morgan fingerprint density at radius 3 is 2.23 bits per heavy atom. The van der Waals surface area contributed by atoms with Crippen LogP contribution in [0.3, 0.4) is 0 Å². The zero-order valence-electron chi connectivity index (χ0n) is 7.24. The fourth-order valence-corrected chi connectivity index (χ4v) is 1.16. The number of hydrogen-bond acceptors (Lipinski definition) is 1. The van der Waals surface area contributed by atoms with Crippen LogP contribution in [-0.4, -0.2) is 5.11 Å². The highest BCUT2D eigenvalue weighted by molar-refractivity contribution is 6.30. The van der Waals surface area contributed by atoms with Crippen molar-refractivity contribution in [2.45, 2.75) is 19.4 Å². The molecule has 0 bridgehead atoms. The summed E-state index contributed by atoms with van der Waals surface area (Å²) in [7, 11) is 0. The van der Waals surface area contributed by atoms with Gasteiger partial charge in [-0.15, -0.1) is 0 Å². The van der Waals surface area contributed by atoms with Gasteiger partial charge in [-0.05, 0) is 19.9 Å². The Bertz CT molecular complexity index is 331. The number of halogens is 3. The van der Waals surface area contributed by atoms with E-state index in [0.29, 0.717) is 6.07 Å². The summed E-state index contributed by atoms with van der Waals surface area (Å²) in [6.07, 6.45) is 0. The van der Waals surface area contributed by atoms with Gasteiger partial charge in [-0.1, -0.05) is 11.6 Å². The number of benzene rings is 1. The van der Waals surface area contributed by atoms with Crippen molar-refractivity contribution in [2.75, 3.05) is 0 Å². The Morgan fingerprint density at radius 1 is 1.23 bits per heavy atom. The van der Waals surface area contributed by atoms with Gasteiger partial charge in [0.15, 0.2) is 0 Å². The first-order valence-electron chi connectivity index (χ1n) is 3.70. The van der Waals surface area contributed by atoms with E-state index in [4.69, 9.17) is 11.6 Å². The molecule has 0 saturated heterocycles. The van der Waals surface area contributed by atoms with E-state index in [9.17, 15) is 13.9 Å². The summed E-state index contributed by atoms with van der Waals surface area (Å²) in [5, 5.41) is 9.27. The van der Waals surface area contributed by atoms with Crippen molar-refractivity contribution in [3.63, 3.8) is 0 Å². The van der Waals surface area contributed by atoms with E-state index in [2.05, 4.69) is 0 Å². The van der Waals surface area contributed by atoms with Gasteiger partial charge in [-0.2, -0.15) is 0 Å². The largest absolute Gasteiger partial charge is 0.386 e. The molecule has 0 amide bonds. The summed E-state index contributed by atoms with van der Waals surface area (Å²) in [6, 6.07) is 1.75. The van der Waals surface area contributed by atoms with E-state index in [1.54, 1.807) is 0 Å². The molecule has 0 saturated carbocycles. The number of rotatable bonds is 1. The van der Waals surface area contributed by atoms with Gasteiger partial charge in [-0.25, -0.2) is 8.78 Å². The summed E-state index contributed by atoms with van der Waals surface area (Å²) in [5.41, 5.74) is -1.37. The summed E-state index contributed by atoms with van der Waals surface area (Å²) >= 11 is 5.44. The average molecular weight is 207 g/mol. The fraction of sp³-hybridized carbons (Fsp3) is 0.333. The lowest BCUT2D eigenvalue weighted by Crippen LogP contribution is -2.17. The Morgan fingerprint density at radius 2 is 1.77 bits per heavy atom. The SMILES string of the molecule is CC(C)(O)c1cc(Cl)c(F)cc1F. The third kappa shape index (κ3) is 2.17. The molecule has 0 aliphatic carbocycles. The second kappa shape index (κ2) is 3.24. The van der Waals surface area contributed by atoms with Gasteiger partial charge in [-0.3, -0.25) is 0 Å². The predicted octanol–water partition coefficient (Wildman–Crippen LogP) is 2.85. The molecular weight excluding hydrogens is 198 g/mol. The molecule has 1 N–H and O–H groups in total. The number of hydrogen-bond donors (Lipinski definition) is 1. The zero-order chi connectivity index (χ0) is 10.2. The van der Waals surface area contributed by atoms with Crippen LogP contribution in [0.1, 0.15) is 19.4 Å². The quantitative estimate of drug-likeness (QED) is 0.701. The molecule has 1 aromatic rings. The molecule has 0 atom stereocenters. The van der Waals surface area contributed by atoms with E-state index >= 15 is 0 Å². The van der Waals surface area contributed by atoms with Crippen LogP contribution in [0.2, 0.25) is 5.02 Å². The summed E-state index contributed by atoms with van der Waals surface area (Å²) in [4.78, 5) is 0. The first-order valence-corrected chi connectivity index (χ1v) is 4.07. The van der Waals surface area contributed by atoms with Crippen LogP contribution in [0, 0.1) is 11.6 Å². The third-order valence-corrected chi connectivity index (χ3v) is 1.96. The van der Waals surface area contributed by atoms with Crippen LogP contribution in [0.25, 0.3) is 0 Å². The van der Waals surface area contributed by atoms with Crippen molar-refractivity contribution in [1.29, 1.82) is 0 Å². The van der Waals surface area contributed by atoms with Crippen LogP contribution in [0.5, 0.6) is 0 Å². The second-order valence-electron chi connectivity index (χ2n) is 3.31. The lowest BCUT2D eigenvalue weighted by molar-refractivity contribution is 0.0744. The molecule has 1 nitrogen and oxygen atoms in total. The first kappa shape index (κ1) is 10.4. The van der Waals surface area contributed by atoms with E-state index in [0.717, 1.165) is 6.07 Å². The Labute approximate surface area is 80.0 Å². The lowest BCUT2D eigenvalue weighted by Gasteiger charge is -2.18. The standard InChI is InChI=1S/C9H9ClF2O/c1-9(2,13)5-3-6(10)8(12)4-7(5)11/h3-4,13H,1-2H3. The van der Waals surface area contributed by atoms with Crippen molar-refractivity contribution < 1.29 is 13.9 Å². The van der Waals surface area contributed by atoms with Gasteiger partial charge in [0.25, 0.3) is 0 Å². The van der Waals surface area contributed by atoms with Gasteiger partial charge in [0.1, 0.15) is 11.6 Å². The maximum absolute atomic E-state index is 13.1. The van der Waals surface area contributed by atoms with Gasteiger partial charge in [0.05, 0.1) is 10.6 Å². The van der Waals surface area contributed by atoms with Crippen LogP contribution in [0.15, 0.2) is 12.1 Å². The topological polar surface area (TPSA) is 20.2 Å². The van der Waals surface area contributed by atoms with E-state index in [-0.39, 0.29) is 10.6 Å². The molecule has 0 radical (unpaired) electrons. The predicted molar refractivity (Wildman–Crippen MR) is 46.6 cm³/mol. The molecule has 0 heterocycles. The molecule has 0 aliphatic rings. The molecular formula is C9H9ClF2O. The average Bonchev–Trinajstić information content (AvgIpc) is 1.94. The van der Waals surface area contributed by atoms with Crippen molar-refractivity contribution >= 4 is 11.6 Å². The van der Waals surface area contributed by atoms with Crippen LogP contribution in [-0.2, 0) is 5.60 Å². The van der Waals surface area contributed by atoms with Crippen LogP contribution in [0.4, 0.5) is 8.78 Å². The molecule has 1 aromatic carbocycles. The van der Waals surface area contributed by atoms with Gasteiger partial charge in [0.2, 0.25) is 0 Å². The molecule has 0 fully saturated rings. The Balaban J connectivity index is 3.32. The summed E-state index contributed by atoms with van der Waals surface area (Å²) in [6.45, 7) is 2.80. The Kier molecular flexibility index (Phi) is 2.59. The van der Waals surface area contributed by atoms with Crippen molar-refractivity contribution in [1.82, 2.24) is 0 Å². The van der Waals surface area contributed by atoms with E-state index in [1.807, 2.05) is 0 Å². The normalized spacial score (nSPS) is 11.8. The molecule has 1 rings (SSSR count). The van der Waals surface area contributed by atoms with Gasteiger partial charge < -0.3 is 5.11 Å². The molecule has 72 valence electrons. The number of aliphatic hydroxyl groups is 1. The minimum atomic E-state index is -1.36. The molecule has 4 heteroatoms. The van der Waals surface area contributed by atoms with Gasteiger partial charge in [0, 0.05) is 11.6 Å². The minimum Gasteiger partial charge on any atom is -0.386 e. The fourth-order valence-electron chi connectivity index (χ4n) is 0.991. The van der Waals surface area contributed by atoms with E-state index in [1.165, 1.54) is 13.8 Å². The van der Waals surface area contributed by atoms with Crippen molar-refractivity contribution in [3.8, 4) is 0 Å². The smallest absolute Gasteiger partial charge is 0.144 e. The maximum atomic E-state index is 13.1. The van der Waals surface area contributed by atoms with Crippen molar-refractivity contribution in [3.05, 3.63) is 34.4 Å². The monoisotopic (exact) mass is 206 g/mol. The molecule has 0 unspecified atom stereocenters. The maximum Gasteiger partial charge on any atom is 0.144 e. The third-order valence-electron chi connectivity index (χ3n) is 1.67. The minimum absolute atomic E-state index is 0.0149. The van der Waals surface area contributed by atoms with Crippen molar-refractivity contribution in [2.24, 2.45) is 0 Å². The molecule has 0 aromatic heterocycles. The zero-order valence-corrected chi connectivity index (χ0v) is 7.99. The highest BCUT2D eigenvalue weighted by atomic mass is 35.5. The lowest BCUT2D eigenvalue weighted by atomic mass is 9.98. The second-order valence-corrected chi connectivity index (χ2v) is 3.71. The molecule has 0 aliphatic heterocycles. The Hall–Kier alpha value is -0.670. The first-order chi connectivity index (χ1) is 5.82. The molecule has 0 spiro atoms. The van der Waals surface area contributed by atoms with Gasteiger partial charge >= 0.3 is 0 Å². The summed E-state index contributed by atoms with van der Waals surface area (Å²) < 4.78 is 25.8. The summed E-state index contributed by atoms with van der Waals surface area (Å²) in [5.74, 6) is -1.62.